The van der Waals surface area contributed by atoms with Crippen LogP contribution in [0.15, 0.2) is 109 Å². The second-order valence-electron chi connectivity index (χ2n) is 10.2. The molecule has 4 aromatic rings. The number of likely N-dealkylation sites (tertiary alicyclic amines) is 1. The number of benzene rings is 3. The number of nitrogens with zero attached hydrogens (tertiary/aromatic N) is 3. The Hall–Kier alpha value is -4.00. The number of aromatic nitrogens is 2. The number of aryl methyl sites for hydroxylation is 1. The summed E-state index contributed by atoms with van der Waals surface area (Å²) in [6.07, 6.45) is 7.01. The molecule has 1 aliphatic rings. The molecule has 1 aliphatic heterocycles. The molecular weight excluding hydrogens is 498 g/mol. The van der Waals surface area contributed by atoms with E-state index in [1.165, 1.54) is 16.7 Å². The van der Waals surface area contributed by atoms with Gasteiger partial charge in [0.25, 0.3) is 0 Å². The second-order valence-corrected chi connectivity index (χ2v) is 10.2. The first-order valence-corrected chi connectivity index (χ1v) is 14.1. The maximum absolute atomic E-state index is 11.7. The van der Waals surface area contributed by atoms with Crippen molar-refractivity contribution in [3.05, 3.63) is 131 Å². The van der Waals surface area contributed by atoms with Gasteiger partial charge in [0.05, 0.1) is 24.4 Å². The Morgan fingerprint density at radius 2 is 1.55 bits per heavy atom. The number of ether oxygens (including phenoxy) is 1. The molecule has 0 aliphatic carbocycles. The maximum atomic E-state index is 11.7. The van der Waals surface area contributed by atoms with Crippen LogP contribution >= 0.6 is 0 Å². The molecule has 2 heterocycles. The molecule has 0 saturated carbocycles. The Labute approximate surface area is 236 Å². The first kappa shape index (κ1) is 27.6. The van der Waals surface area contributed by atoms with Gasteiger partial charge in [0.2, 0.25) is 0 Å². The zero-order chi connectivity index (χ0) is 27.8. The van der Waals surface area contributed by atoms with Crippen molar-refractivity contribution >= 4 is 12.0 Å². The minimum atomic E-state index is -0.527. The monoisotopic (exact) mass is 535 g/mol. The molecule has 5 rings (SSSR count). The van der Waals surface area contributed by atoms with Crippen molar-refractivity contribution in [3.8, 4) is 0 Å². The molecule has 6 nitrogen and oxygen atoms in total. The minimum Gasteiger partial charge on any atom is -0.466 e. The second kappa shape index (κ2) is 12.9. The Morgan fingerprint density at radius 3 is 2.10 bits per heavy atom. The number of aliphatic hydroxyl groups is 1. The summed E-state index contributed by atoms with van der Waals surface area (Å²) in [5, 5.41) is 15.6. The zero-order valence-electron chi connectivity index (χ0n) is 23.0. The van der Waals surface area contributed by atoms with Crippen LogP contribution in [0.5, 0.6) is 0 Å². The highest BCUT2D eigenvalue weighted by molar-refractivity contribution is 5.69. The summed E-state index contributed by atoms with van der Waals surface area (Å²) in [7, 11) is 0. The summed E-state index contributed by atoms with van der Waals surface area (Å²) in [5.74, 6) is -0.179. The minimum absolute atomic E-state index is 0.179. The number of esters is 1. The maximum Gasteiger partial charge on any atom is 0.305 e. The molecule has 1 unspecified atom stereocenters. The summed E-state index contributed by atoms with van der Waals surface area (Å²) >= 11 is 0. The van der Waals surface area contributed by atoms with E-state index >= 15 is 0 Å². The predicted octanol–water partition coefficient (Wildman–Crippen LogP) is 5.67. The van der Waals surface area contributed by atoms with E-state index in [4.69, 9.17) is 4.74 Å². The predicted molar refractivity (Wildman–Crippen MR) is 157 cm³/mol. The van der Waals surface area contributed by atoms with Crippen LogP contribution in [0.1, 0.15) is 48.4 Å². The average molecular weight is 536 g/mol. The van der Waals surface area contributed by atoms with Gasteiger partial charge in [0.1, 0.15) is 0 Å². The lowest BCUT2D eigenvalue weighted by Gasteiger charge is -2.48. The number of carbonyl (C=O) groups excluding carboxylic acids is 1. The van der Waals surface area contributed by atoms with E-state index in [9.17, 15) is 9.90 Å². The van der Waals surface area contributed by atoms with Gasteiger partial charge < -0.3 is 9.84 Å². The van der Waals surface area contributed by atoms with Gasteiger partial charge in [-0.25, -0.2) is 0 Å². The third-order valence-corrected chi connectivity index (χ3v) is 7.60. The molecule has 3 aromatic carbocycles. The third-order valence-electron chi connectivity index (χ3n) is 7.60. The van der Waals surface area contributed by atoms with Crippen molar-refractivity contribution in [1.82, 2.24) is 14.7 Å². The Bertz CT molecular complexity index is 1300. The Kier molecular flexibility index (Phi) is 8.89. The van der Waals surface area contributed by atoms with Crippen molar-refractivity contribution in [2.75, 3.05) is 19.7 Å². The molecule has 206 valence electrons. The number of piperidine rings is 1. The van der Waals surface area contributed by atoms with Crippen LogP contribution in [0.2, 0.25) is 0 Å². The standard InChI is InChI=1S/C34H37N3O3/c1-2-40-33(39)19-12-21-37-25-27(24-35-37)23-28-26-36(22-20-32(28)38)34(29-13-6-3-7-14-29,30-15-8-4-9-16-30)31-17-10-5-11-18-31/h3-11,13-18,23-25,32,38H,2,12,19-22,26H2,1H3/b28-23-. The molecule has 1 atom stereocenters. The highest BCUT2D eigenvalue weighted by atomic mass is 16.5. The van der Waals surface area contributed by atoms with E-state index in [-0.39, 0.29) is 5.97 Å². The van der Waals surface area contributed by atoms with E-state index < -0.39 is 11.6 Å². The van der Waals surface area contributed by atoms with E-state index in [0.717, 1.165) is 17.7 Å². The Morgan fingerprint density at radius 1 is 0.975 bits per heavy atom. The summed E-state index contributed by atoms with van der Waals surface area (Å²) < 4.78 is 6.87. The van der Waals surface area contributed by atoms with Gasteiger partial charge in [-0.05, 0) is 48.1 Å². The van der Waals surface area contributed by atoms with Crippen LogP contribution in [-0.4, -0.2) is 51.6 Å². The van der Waals surface area contributed by atoms with Crippen molar-refractivity contribution in [2.45, 2.75) is 44.4 Å². The Balaban J connectivity index is 1.48. The van der Waals surface area contributed by atoms with Gasteiger partial charge in [-0.3, -0.25) is 14.4 Å². The van der Waals surface area contributed by atoms with E-state index in [2.05, 4.69) is 107 Å². The fourth-order valence-corrected chi connectivity index (χ4v) is 5.79. The molecular formula is C34H37N3O3. The lowest BCUT2D eigenvalue weighted by atomic mass is 9.74. The number of hydrogen-bond donors (Lipinski definition) is 1. The van der Waals surface area contributed by atoms with E-state index in [1.54, 1.807) is 0 Å². The van der Waals surface area contributed by atoms with Crippen LogP contribution in [0, 0.1) is 0 Å². The SMILES string of the molecule is CCOC(=O)CCCn1cc(/C=C2/CN(C(c3ccccc3)(c3ccccc3)c3ccccc3)CCC2O)cn1. The van der Waals surface area contributed by atoms with E-state index in [0.29, 0.717) is 39.0 Å². The quantitative estimate of drug-likeness (QED) is 0.209. The van der Waals surface area contributed by atoms with Crippen LogP contribution in [0.4, 0.5) is 0 Å². The third kappa shape index (κ3) is 5.93. The smallest absolute Gasteiger partial charge is 0.305 e. The molecule has 0 spiro atoms. The van der Waals surface area contributed by atoms with Crippen molar-refractivity contribution in [1.29, 1.82) is 0 Å². The van der Waals surface area contributed by atoms with Gasteiger partial charge >= 0.3 is 5.97 Å². The summed E-state index contributed by atoms with van der Waals surface area (Å²) in [6, 6.07) is 32.0. The van der Waals surface area contributed by atoms with Gasteiger partial charge in [0.15, 0.2) is 0 Å². The van der Waals surface area contributed by atoms with Gasteiger partial charge in [0, 0.05) is 37.8 Å². The van der Waals surface area contributed by atoms with Gasteiger partial charge in [-0.2, -0.15) is 5.10 Å². The van der Waals surface area contributed by atoms with Crippen LogP contribution in [0.25, 0.3) is 6.08 Å². The lowest BCUT2D eigenvalue weighted by Crippen LogP contribution is -2.52. The largest absolute Gasteiger partial charge is 0.466 e. The molecule has 40 heavy (non-hydrogen) atoms. The van der Waals surface area contributed by atoms with Crippen molar-refractivity contribution in [3.63, 3.8) is 0 Å². The molecule has 1 aromatic heterocycles. The van der Waals surface area contributed by atoms with Crippen LogP contribution < -0.4 is 0 Å². The molecule has 1 N–H and O–H groups in total. The molecule has 0 bridgehead atoms. The molecule has 6 heteroatoms. The van der Waals surface area contributed by atoms with Crippen molar-refractivity contribution < 1.29 is 14.6 Å². The van der Waals surface area contributed by atoms with Crippen LogP contribution in [-0.2, 0) is 21.6 Å². The summed E-state index contributed by atoms with van der Waals surface area (Å²) in [6.45, 7) is 4.20. The number of rotatable bonds is 10. The number of carbonyl (C=O) groups is 1. The molecule has 1 fully saturated rings. The average Bonchev–Trinajstić information content (AvgIpc) is 3.44. The van der Waals surface area contributed by atoms with Crippen molar-refractivity contribution in [2.24, 2.45) is 0 Å². The van der Waals surface area contributed by atoms with Gasteiger partial charge in [-0.15, -0.1) is 0 Å². The molecule has 0 amide bonds. The highest BCUT2D eigenvalue weighted by Crippen LogP contribution is 2.44. The van der Waals surface area contributed by atoms with Crippen LogP contribution in [0.3, 0.4) is 0 Å². The topological polar surface area (TPSA) is 67.6 Å². The fourth-order valence-electron chi connectivity index (χ4n) is 5.79. The zero-order valence-corrected chi connectivity index (χ0v) is 23.0. The first-order chi connectivity index (χ1) is 19.6. The number of hydrogen-bond acceptors (Lipinski definition) is 5. The normalized spacial score (nSPS) is 17.1. The molecule has 0 radical (unpaired) electrons. The lowest BCUT2D eigenvalue weighted by molar-refractivity contribution is -0.143. The van der Waals surface area contributed by atoms with E-state index in [1.807, 2.05) is 24.0 Å². The summed E-state index contributed by atoms with van der Waals surface area (Å²) in [4.78, 5) is 14.2. The highest BCUT2D eigenvalue weighted by Gasteiger charge is 2.44. The molecule has 1 saturated heterocycles. The first-order valence-electron chi connectivity index (χ1n) is 14.1. The fraction of sp³-hybridized carbons (Fsp3) is 0.294. The van der Waals surface area contributed by atoms with Gasteiger partial charge in [-0.1, -0.05) is 91.0 Å². The summed E-state index contributed by atoms with van der Waals surface area (Å²) in [5.41, 5.74) is 4.95. The number of aliphatic hydroxyl groups excluding tert-OH is 1.